The second-order valence-corrected chi connectivity index (χ2v) is 17.7. The van der Waals surface area contributed by atoms with Crippen molar-refractivity contribution in [2.75, 3.05) is 25.6 Å². The number of phosphoric ester groups is 1. The maximum atomic E-state index is 13.7. The number of anilines is 1. The minimum Gasteiger partial charge on any atom is -0.413 e. The van der Waals surface area contributed by atoms with Gasteiger partial charge in [-0.3, -0.25) is 13.6 Å². The Kier molecular flexibility index (Phi) is 9.31. The molecule has 15 heteroatoms. The highest BCUT2D eigenvalue weighted by Crippen LogP contribution is 2.55. The molecule has 1 unspecified atom stereocenters. The molecule has 0 bridgehead atoms. The van der Waals surface area contributed by atoms with Crippen LogP contribution in [0.5, 0.6) is 0 Å². The van der Waals surface area contributed by atoms with Gasteiger partial charge in [0.05, 0.1) is 32.7 Å². The van der Waals surface area contributed by atoms with Crippen LogP contribution in [0.25, 0.3) is 11.2 Å². The number of hydrogen-bond donors (Lipinski definition) is 1. The van der Waals surface area contributed by atoms with Gasteiger partial charge in [0.1, 0.15) is 30.1 Å². The SMILES string of the molecule is CCOP(=O)(OCC)OC(C#N)(CO[Si](C)(C)C(C)(C)C)[C@H]1OC(C)(C)O[C@H]1Cn1cnc2c(N)ncnc21. The van der Waals surface area contributed by atoms with Gasteiger partial charge in [0, 0.05) is 0 Å². The van der Waals surface area contributed by atoms with E-state index in [1.165, 1.54) is 6.33 Å². The molecule has 0 radical (unpaired) electrons. The summed E-state index contributed by atoms with van der Waals surface area (Å²) >= 11 is 0. The molecule has 0 aliphatic carbocycles. The van der Waals surface area contributed by atoms with Gasteiger partial charge in [0.15, 0.2) is 25.6 Å². The van der Waals surface area contributed by atoms with Gasteiger partial charge in [-0.05, 0) is 45.8 Å². The summed E-state index contributed by atoms with van der Waals surface area (Å²) < 4.78 is 51.3. The molecule has 0 aromatic carbocycles. The van der Waals surface area contributed by atoms with Gasteiger partial charge in [-0.25, -0.2) is 19.5 Å². The Morgan fingerprint density at radius 1 is 1.18 bits per heavy atom. The third kappa shape index (κ3) is 6.86. The zero-order chi connectivity index (χ0) is 29.3. The fourth-order valence-electron chi connectivity index (χ4n) is 3.98. The van der Waals surface area contributed by atoms with Crippen molar-refractivity contribution in [3.05, 3.63) is 12.7 Å². The Balaban J connectivity index is 2.08. The molecule has 1 aliphatic heterocycles. The first-order valence-electron chi connectivity index (χ1n) is 12.9. The minimum absolute atomic E-state index is 0.0426. The maximum Gasteiger partial charge on any atom is 0.476 e. The second kappa shape index (κ2) is 11.5. The summed E-state index contributed by atoms with van der Waals surface area (Å²) in [6.07, 6.45) is 1.08. The van der Waals surface area contributed by atoms with Gasteiger partial charge in [0.2, 0.25) is 5.60 Å². The molecule has 2 N–H and O–H groups in total. The monoisotopic (exact) mass is 584 g/mol. The second-order valence-electron chi connectivity index (χ2n) is 11.3. The number of imidazole rings is 1. The summed E-state index contributed by atoms with van der Waals surface area (Å²) in [6, 6.07) is 2.21. The number of nitrogens with two attached hydrogens (primary N) is 1. The van der Waals surface area contributed by atoms with E-state index in [0.717, 1.165) is 0 Å². The largest absolute Gasteiger partial charge is 0.476 e. The van der Waals surface area contributed by atoms with Crippen LogP contribution in [0, 0.1) is 11.3 Å². The van der Waals surface area contributed by atoms with Gasteiger partial charge in [0.25, 0.3) is 0 Å². The van der Waals surface area contributed by atoms with E-state index in [4.69, 9.17) is 33.2 Å². The first-order chi connectivity index (χ1) is 18.0. The van der Waals surface area contributed by atoms with Crippen LogP contribution in [0.3, 0.4) is 0 Å². The number of nitrogen functional groups attached to an aromatic ring is 1. The molecular weight excluding hydrogens is 543 g/mol. The van der Waals surface area contributed by atoms with Crippen LogP contribution in [0.1, 0.15) is 48.5 Å². The van der Waals surface area contributed by atoms with Crippen molar-refractivity contribution < 1.29 is 32.0 Å². The fourth-order valence-corrected chi connectivity index (χ4v) is 6.39. The summed E-state index contributed by atoms with van der Waals surface area (Å²) in [4.78, 5) is 12.6. The van der Waals surface area contributed by atoms with Crippen LogP contribution in [-0.2, 0) is 38.6 Å². The topological polar surface area (TPSA) is 166 Å². The average molecular weight is 585 g/mol. The predicted octanol–water partition coefficient (Wildman–Crippen LogP) is 4.41. The molecule has 0 spiro atoms. The van der Waals surface area contributed by atoms with E-state index in [0.29, 0.717) is 11.2 Å². The van der Waals surface area contributed by atoms with E-state index in [2.05, 4.69) is 54.9 Å². The van der Waals surface area contributed by atoms with E-state index in [1.54, 1.807) is 38.6 Å². The third-order valence-corrected chi connectivity index (χ3v) is 13.1. The van der Waals surface area contributed by atoms with E-state index in [1.807, 2.05) is 0 Å². The molecule has 2 aromatic heterocycles. The highest BCUT2D eigenvalue weighted by molar-refractivity contribution is 7.48. The highest BCUT2D eigenvalue weighted by atomic mass is 31.2. The number of ether oxygens (including phenoxy) is 2. The Morgan fingerprint density at radius 3 is 2.38 bits per heavy atom. The molecule has 39 heavy (non-hydrogen) atoms. The fraction of sp³-hybridized carbons (Fsp3) is 0.750. The van der Waals surface area contributed by atoms with Crippen molar-refractivity contribution in [2.45, 2.75) is 96.7 Å². The number of rotatable bonds is 12. The van der Waals surface area contributed by atoms with Gasteiger partial charge in [-0.2, -0.15) is 5.26 Å². The molecule has 218 valence electrons. The minimum atomic E-state index is -4.20. The number of fused-ring (bicyclic) bond motifs is 1. The number of aromatic nitrogens is 4. The number of nitrogens with zero attached hydrogens (tertiary/aromatic N) is 5. The van der Waals surface area contributed by atoms with Gasteiger partial charge in [-0.15, -0.1) is 0 Å². The van der Waals surface area contributed by atoms with Crippen LogP contribution < -0.4 is 5.73 Å². The van der Waals surface area contributed by atoms with Crippen molar-refractivity contribution >= 4 is 33.1 Å². The summed E-state index contributed by atoms with van der Waals surface area (Å²) in [5.74, 6) is -0.866. The molecule has 2 aromatic rings. The number of phosphoric acid groups is 1. The zero-order valence-corrected chi connectivity index (χ0v) is 26.2. The molecule has 3 atom stereocenters. The standard InChI is InChI=1S/C24H41N6O7PSi/c1-10-32-38(31,33-11-2)37-24(13-25,14-34-39(8,9)22(3,4)5)19-17(35-23(6,7)36-19)12-30-16-29-18-20(26)27-15-28-21(18)30/h15-17,19H,10-12,14H2,1-9H3,(H2,26,27,28)/t17-,19-,24?/m0/s1. The van der Waals surface area contributed by atoms with Gasteiger partial charge >= 0.3 is 7.82 Å². The van der Waals surface area contributed by atoms with Gasteiger partial charge < -0.3 is 24.2 Å². The number of hydrogen-bond acceptors (Lipinski definition) is 12. The van der Waals surface area contributed by atoms with Crippen LogP contribution in [0.15, 0.2) is 12.7 Å². The lowest BCUT2D eigenvalue weighted by Crippen LogP contribution is -2.55. The summed E-state index contributed by atoms with van der Waals surface area (Å²) in [5.41, 5.74) is 4.97. The normalized spacial score (nSPS) is 21.6. The zero-order valence-electron chi connectivity index (χ0n) is 24.3. The van der Waals surface area contributed by atoms with Crippen molar-refractivity contribution in [3.63, 3.8) is 0 Å². The summed E-state index contributed by atoms with van der Waals surface area (Å²) in [7, 11) is -6.60. The van der Waals surface area contributed by atoms with Crippen LogP contribution in [0.4, 0.5) is 5.82 Å². The Labute approximate surface area is 231 Å². The first-order valence-corrected chi connectivity index (χ1v) is 17.3. The Morgan fingerprint density at radius 2 is 1.82 bits per heavy atom. The first kappa shape index (κ1) is 31.6. The van der Waals surface area contributed by atoms with E-state index < -0.39 is 39.7 Å². The molecule has 0 saturated carbocycles. The molecule has 0 amide bonds. The lowest BCUT2D eigenvalue weighted by Gasteiger charge is -2.41. The maximum absolute atomic E-state index is 13.7. The van der Waals surface area contributed by atoms with E-state index in [9.17, 15) is 9.83 Å². The lowest BCUT2D eigenvalue weighted by atomic mass is 9.95. The van der Waals surface area contributed by atoms with Gasteiger partial charge in [-0.1, -0.05) is 20.8 Å². The quantitative estimate of drug-likeness (QED) is 0.276. The Hall–Kier alpha value is -1.95. The molecule has 1 fully saturated rings. The number of nitriles is 1. The molecular formula is C24H41N6O7PSi. The molecule has 1 saturated heterocycles. The molecule has 13 nitrogen and oxygen atoms in total. The van der Waals surface area contributed by atoms with Crippen molar-refractivity contribution in [1.82, 2.24) is 19.5 Å². The van der Waals surface area contributed by atoms with Crippen LogP contribution in [0.2, 0.25) is 18.1 Å². The Bertz CT molecular complexity index is 1230. The smallest absolute Gasteiger partial charge is 0.413 e. The van der Waals surface area contributed by atoms with Crippen LogP contribution >= 0.6 is 7.82 Å². The van der Waals surface area contributed by atoms with Crippen molar-refractivity contribution in [1.29, 1.82) is 5.26 Å². The third-order valence-electron chi connectivity index (χ3n) is 6.94. The van der Waals surface area contributed by atoms with Crippen molar-refractivity contribution in [3.8, 4) is 6.07 Å². The van der Waals surface area contributed by atoms with E-state index >= 15 is 0 Å². The van der Waals surface area contributed by atoms with E-state index in [-0.39, 0.29) is 37.2 Å². The average Bonchev–Trinajstić information content (AvgIpc) is 3.37. The predicted molar refractivity (Wildman–Crippen MR) is 147 cm³/mol. The summed E-state index contributed by atoms with van der Waals surface area (Å²) in [5, 5.41) is 10.5. The molecule has 3 heterocycles. The highest BCUT2D eigenvalue weighted by Gasteiger charge is 2.58. The molecule has 1 aliphatic rings. The van der Waals surface area contributed by atoms with Crippen LogP contribution in [-0.4, -0.2) is 71.3 Å². The van der Waals surface area contributed by atoms with Crippen molar-refractivity contribution in [2.24, 2.45) is 0 Å². The molecule has 3 rings (SSSR count). The lowest BCUT2D eigenvalue weighted by molar-refractivity contribution is -0.165. The summed E-state index contributed by atoms with van der Waals surface area (Å²) in [6.45, 7) is 17.1.